The summed E-state index contributed by atoms with van der Waals surface area (Å²) in [7, 11) is 0. The Morgan fingerprint density at radius 2 is 1.63 bits per heavy atom. The zero-order chi connectivity index (χ0) is 19.4. The number of benzene rings is 2. The molecule has 0 bridgehead atoms. The van der Waals surface area contributed by atoms with Crippen molar-refractivity contribution < 1.29 is 9.59 Å². The van der Waals surface area contributed by atoms with Gasteiger partial charge in [-0.1, -0.05) is 24.3 Å². The molecule has 6 heteroatoms. The number of hydrogen-bond donors (Lipinski definition) is 2. The molecular formula is C21H20N4O2. The van der Waals surface area contributed by atoms with Crippen LogP contribution in [-0.4, -0.2) is 21.7 Å². The molecule has 6 nitrogen and oxygen atoms in total. The summed E-state index contributed by atoms with van der Waals surface area (Å²) in [4.78, 5) is 32.6. The Kier molecular flexibility index (Phi) is 5.26. The van der Waals surface area contributed by atoms with Crippen LogP contribution < -0.4 is 10.6 Å². The Hall–Kier alpha value is -3.54. The van der Waals surface area contributed by atoms with Crippen LogP contribution in [0.2, 0.25) is 0 Å². The maximum absolute atomic E-state index is 12.6. The molecule has 1 aromatic heterocycles. The van der Waals surface area contributed by atoms with Crippen molar-refractivity contribution in [1.29, 1.82) is 0 Å². The van der Waals surface area contributed by atoms with E-state index in [1.807, 2.05) is 31.2 Å². The molecule has 2 N–H and O–H groups in total. The molecule has 0 fully saturated rings. The van der Waals surface area contributed by atoms with Gasteiger partial charge in [-0.05, 0) is 50.6 Å². The number of nitrogens with one attached hydrogen (secondary N) is 2. The number of carbonyl (C=O) groups excluding carboxylic acids is 2. The highest BCUT2D eigenvalue weighted by Crippen LogP contribution is 2.18. The number of anilines is 3. The van der Waals surface area contributed by atoms with Crippen molar-refractivity contribution in [1.82, 2.24) is 9.97 Å². The second kappa shape index (κ2) is 7.78. The number of hydrogen-bond acceptors (Lipinski definition) is 5. The number of rotatable bonds is 5. The lowest BCUT2D eigenvalue weighted by molar-refractivity contribution is 0.100. The summed E-state index contributed by atoms with van der Waals surface area (Å²) in [5, 5.41) is 5.96. The van der Waals surface area contributed by atoms with Gasteiger partial charge in [0.1, 0.15) is 17.3 Å². The minimum atomic E-state index is -0.367. The Balaban J connectivity index is 1.82. The molecule has 0 radical (unpaired) electrons. The van der Waals surface area contributed by atoms with E-state index in [0.717, 1.165) is 11.3 Å². The summed E-state index contributed by atoms with van der Waals surface area (Å²) in [5.74, 6) is 0.591. The zero-order valence-electron chi connectivity index (χ0n) is 15.4. The molecule has 136 valence electrons. The van der Waals surface area contributed by atoms with Crippen LogP contribution in [0.1, 0.15) is 39.2 Å². The number of ketones is 1. The molecule has 3 rings (SSSR count). The molecular weight excluding hydrogens is 340 g/mol. The van der Waals surface area contributed by atoms with Gasteiger partial charge in [-0.25, -0.2) is 9.97 Å². The van der Waals surface area contributed by atoms with Gasteiger partial charge >= 0.3 is 0 Å². The smallest absolute Gasteiger partial charge is 0.274 e. The van der Waals surface area contributed by atoms with Crippen molar-refractivity contribution in [2.24, 2.45) is 0 Å². The lowest BCUT2D eigenvalue weighted by Gasteiger charge is -2.10. The number of Topliss-reactive ketones (excluding diaryl/α,β-unsaturated/α-hetero) is 1. The number of aromatic nitrogens is 2. The Labute approximate surface area is 157 Å². The van der Waals surface area contributed by atoms with Crippen molar-refractivity contribution in [3.63, 3.8) is 0 Å². The lowest BCUT2D eigenvalue weighted by atomic mass is 10.1. The van der Waals surface area contributed by atoms with E-state index in [-0.39, 0.29) is 17.4 Å². The van der Waals surface area contributed by atoms with Gasteiger partial charge < -0.3 is 10.6 Å². The summed E-state index contributed by atoms with van der Waals surface area (Å²) in [6.45, 7) is 5.22. The van der Waals surface area contributed by atoms with Crippen molar-refractivity contribution in [2.75, 3.05) is 10.6 Å². The second-order valence-electron chi connectivity index (χ2n) is 6.27. The summed E-state index contributed by atoms with van der Waals surface area (Å²) < 4.78 is 0. The SMILES string of the molecule is CC(=O)c1cccc(NC(=O)c2cc(Nc3cccc(C)c3)nc(C)n2)c1. The van der Waals surface area contributed by atoms with Crippen molar-refractivity contribution in [3.05, 3.63) is 77.2 Å². The van der Waals surface area contributed by atoms with Gasteiger partial charge in [0.25, 0.3) is 5.91 Å². The van der Waals surface area contributed by atoms with Crippen LogP contribution in [0.25, 0.3) is 0 Å². The molecule has 0 spiro atoms. The van der Waals surface area contributed by atoms with E-state index in [4.69, 9.17) is 0 Å². The summed E-state index contributed by atoms with van der Waals surface area (Å²) in [6, 6.07) is 16.3. The normalized spacial score (nSPS) is 10.3. The molecule has 1 heterocycles. The third kappa shape index (κ3) is 4.76. The van der Waals surface area contributed by atoms with Gasteiger partial charge in [0.15, 0.2) is 5.78 Å². The summed E-state index contributed by atoms with van der Waals surface area (Å²) in [6.07, 6.45) is 0. The maximum atomic E-state index is 12.6. The zero-order valence-corrected chi connectivity index (χ0v) is 15.4. The minimum absolute atomic E-state index is 0.0615. The van der Waals surface area contributed by atoms with E-state index in [9.17, 15) is 9.59 Å². The fourth-order valence-corrected chi connectivity index (χ4v) is 2.63. The summed E-state index contributed by atoms with van der Waals surface area (Å²) >= 11 is 0. The van der Waals surface area contributed by atoms with E-state index in [1.54, 1.807) is 37.3 Å². The Morgan fingerprint density at radius 1 is 0.889 bits per heavy atom. The number of carbonyl (C=O) groups is 2. The van der Waals surface area contributed by atoms with Gasteiger partial charge in [-0.15, -0.1) is 0 Å². The summed E-state index contributed by atoms with van der Waals surface area (Å²) in [5.41, 5.74) is 3.32. The lowest BCUT2D eigenvalue weighted by Crippen LogP contribution is -2.15. The molecule has 3 aromatic rings. The van der Waals surface area contributed by atoms with Crippen LogP contribution in [0.5, 0.6) is 0 Å². The van der Waals surface area contributed by atoms with Crippen LogP contribution in [-0.2, 0) is 0 Å². The maximum Gasteiger partial charge on any atom is 0.274 e. The topological polar surface area (TPSA) is 84.0 Å². The third-order valence-electron chi connectivity index (χ3n) is 3.89. The average Bonchev–Trinajstić information content (AvgIpc) is 2.61. The van der Waals surface area contributed by atoms with Crippen molar-refractivity contribution in [3.8, 4) is 0 Å². The van der Waals surface area contributed by atoms with Gasteiger partial charge in [0, 0.05) is 23.0 Å². The Morgan fingerprint density at radius 3 is 2.37 bits per heavy atom. The number of nitrogens with zero attached hydrogens (tertiary/aromatic N) is 2. The first kappa shape index (κ1) is 18.3. The molecule has 0 saturated carbocycles. The van der Waals surface area contributed by atoms with Crippen molar-refractivity contribution >= 4 is 28.9 Å². The van der Waals surface area contributed by atoms with Gasteiger partial charge in [0.05, 0.1) is 0 Å². The predicted molar refractivity (Wildman–Crippen MR) is 106 cm³/mol. The molecule has 0 aliphatic heterocycles. The molecule has 0 aliphatic rings. The average molecular weight is 360 g/mol. The van der Waals surface area contributed by atoms with Gasteiger partial charge in [-0.2, -0.15) is 0 Å². The highest BCUT2D eigenvalue weighted by molar-refractivity contribution is 6.04. The molecule has 27 heavy (non-hydrogen) atoms. The van der Waals surface area contributed by atoms with E-state index in [2.05, 4.69) is 20.6 Å². The van der Waals surface area contributed by atoms with E-state index >= 15 is 0 Å². The molecule has 0 unspecified atom stereocenters. The van der Waals surface area contributed by atoms with E-state index in [1.165, 1.54) is 6.92 Å². The number of amides is 1. The largest absolute Gasteiger partial charge is 0.340 e. The first-order valence-electron chi connectivity index (χ1n) is 8.52. The molecule has 0 aliphatic carbocycles. The van der Waals surface area contributed by atoms with Crippen LogP contribution in [0.3, 0.4) is 0 Å². The van der Waals surface area contributed by atoms with Gasteiger partial charge in [-0.3, -0.25) is 9.59 Å². The molecule has 0 saturated heterocycles. The minimum Gasteiger partial charge on any atom is -0.340 e. The Bertz CT molecular complexity index is 1010. The number of aryl methyl sites for hydroxylation is 2. The fraction of sp³-hybridized carbons (Fsp3) is 0.143. The fourth-order valence-electron chi connectivity index (χ4n) is 2.63. The molecule has 0 atom stereocenters. The van der Waals surface area contributed by atoms with Crippen LogP contribution in [0.4, 0.5) is 17.2 Å². The first-order chi connectivity index (χ1) is 12.9. The highest BCUT2D eigenvalue weighted by atomic mass is 16.2. The monoisotopic (exact) mass is 360 g/mol. The standard InChI is InChI=1S/C21H20N4O2/c1-13-6-4-8-17(10-13)24-20-12-19(22-15(3)23-20)21(27)25-18-9-5-7-16(11-18)14(2)26/h4-12H,1-3H3,(H,25,27)(H,22,23,24). The first-order valence-corrected chi connectivity index (χ1v) is 8.52. The quantitative estimate of drug-likeness (QED) is 0.663. The van der Waals surface area contributed by atoms with Crippen LogP contribution >= 0.6 is 0 Å². The third-order valence-corrected chi connectivity index (χ3v) is 3.89. The molecule has 2 aromatic carbocycles. The second-order valence-corrected chi connectivity index (χ2v) is 6.27. The van der Waals surface area contributed by atoms with E-state index < -0.39 is 0 Å². The van der Waals surface area contributed by atoms with E-state index in [0.29, 0.717) is 22.9 Å². The van der Waals surface area contributed by atoms with Crippen LogP contribution in [0.15, 0.2) is 54.6 Å². The highest BCUT2D eigenvalue weighted by Gasteiger charge is 2.12. The van der Waals surface area contributed by atoms with Gasteiger partial charge in [0.2, 0.25) is 0 Å². The van der Waals surface area contributed by atoms with Crippen LogP contribution in [0, 0.1) is 13.8 Å². The predicted octanol–water partition coefficient (Wildman–Crippen LogP) is 4.29. The van der Waals surface area contributed by atoms with Crippen molar-refractivity contribution in [2.45, 2.75) is 20.8 Å². The molecule has 1 amide bonds.